The Labute approximate surface area is 203 Å². The van der Waals surface area contributed by atoms with Crippen LogP contribution in [0.3, 0.4) is 0 Å². The number of aryl methyl sites for hydroxylation is 1. The smallest absolute Gasteiger partial charge is 0.410 e. The highest BCUT2D eigenvalue weighted by molar-refractivity contribution is 5.69. The number of hydrogen-bond acceptors (Lipinski definition) is 8. The minimum atomic E-state index is -1.82. The quantitative estimate of drug-likeness (QED) is 0.429. The van der Waals surface area contributed by atoms with Gasteiger partial charge in [0.1, 0.15) is 17.8 Å². The van der Waals surface area contributed by atoms with E-state index in [1.165, 1.54) is 23.4 Å². The van der Waals surface area contributed by atoms with E-state index in [2.05, 4.69) is 4.98 Å². The van der Waals surface area contributed by atoms with Crippen LogP contribution in [0, 0.1) is 22.9 Å². The lowest BCUT2D eigenvalue weighted by atomic mass is 9.80. The van der Waals surface area contributed by atoms with E-state index in [0.717, 1.165) is 0 Å². The van der Waals surface area contributed by atoms with Gasteiger partial charge in [0.05, 0.1) is 11.7 Å². The van der Waals surface area contributed by atoms with E-state index >= 15 is 0 Å². The van der Waals surface area contributed by atoms with Crippen LogP contribution >= 0.6 is 0 Å². The maximum atomic E-state index is 14.9. The lowest BCUT2D eigenvalue weighted by Crippen LogP contribution is -2.60. The average molecular weight is 494 g/mol. The summed E-state index contributed by atoms with van der Waals surface area (Å²) in [6.45, 7) is 7.85. The SMILES string of the molecule is CCC[C@](O)(C[N+](=O)[O-])[C@@H]1Cc2cc(F)c(OCc3ocnc3C)cc2CN1C(=O)OC(C)(C)C. The van der Waals surface area contributed by atoms with E-state index in [4.69, 9.17) is 13.9 Å². The molecule has 1 aliphatic rings. The third-order valence-electron chi connectivity index (χ3n) is 5.92. The topological polar surface area (TPSA) is 128 Å². The number of fused-ring (bicyclic) bond motifs is 1. The first-order valence-corrected chi connectivity index (χ1v) is 11.5. The molecule has 0 saturated heterocycles. The molecule has 2 aromatic rings. The van der Waals surface area contributed by atoms with Crippen molar-refractivity contribution in [3.8, 4) is 5.75 Å². The molecule has 1 amide bonds. The number of oxazole rings is 1. The number of carbonyl (C=O) groups is 1. The summed E-state index contributed by atoms with van der Waals surface area (Å²) in [5.74, 6) is -0.197. The predicted molar refractivity (Wildman–Crippen MR) is 123 cm³/mol. The summed E-state index contributed by atoms with van der Waals surface area (Å²) in [7, 11) is 0. The molecule has 1 N–H and O–H groups in total. The molecule has 192 valence electrons. The highest BCUT2D eigenvalue weighted by atomic mass is 19.1. The Morgan fingerprint density at radius 2 is 2.09 bits per heavy atom. The summed E-state index contributed by atoms with van der Waals surface area (Å²) in [4.78, 5) is 29.2. The second-order valence-electron chi connectivity index (χ2n) is 9.87. The van der Waals surface area contributed by atoms with Crippen LogP contribution in [-0.2, 0) is 24.3 Å². The predicted octanol–water partition coefficient (Wildman–Crippen LogP) is 4.17. The highest BCUT2D eigenvalue weighted by Gasteiger charge is 2.48. The van der Waals surface area contributed by atoms with Gasteiger partial charge in [-0.25, -0.2) is 14.2 Å². The van der Waals surface area contributed by atoms with Gasteiger partial charge in [-0.2, -0.15) is 0 Å². The maximum absolute atomic E-state index is 14.9. The monoisotopic (exact) mass is 493 g/mol. The van der Waals surface area contributed by atoms with Crippen LogP contribution in [0.25, 0.3) is 0 Å². The van der Waals surface area contributed by atoms with Gasteiger partial charge in [0, 0.05) is 11.5 Å². The Balaban J connectivity index is 1.97. The zero-order chi connectivity index (χ0) is 26.0. The molecule has 11 heteroatoms. The summed E-state index contributed by atoms with van der Waals surface area (Å²) in [5.41, 5.74) is -0.878. The van der Waals surface area contributed by atoms with Crippen LogP contribution in [0.4, 0.5) is 9.18 Å². The minimum absolute atomic E-state index is 0.0251. The van der Waals surface area contributed by atoms with Crippen LogP contribution in [-0.4, -0.2) is 49.8 Å². The number of carbonyl (C=O) groups excluding carboxylic acids is 1. The van der Waals surface area contributed by atoms with Gasteiger partial charge in [-0.15, -0.1) is 0 Å². The van der Waals surface area contributed by atoms with Crippen molar-refractivity contribution in [1.82, 2.24) is 9.88 Å². The number of nitro groups is 1. The van der Waals surface area contributed by atoms with Crippen LogP contribution < -0.4 is 4.74 Å². The Hall–Kier alpha value is -3.21. The molecule has 0 bridgehead atoms. The lowest BCUT2D eigenvalue weighted by molar-refractivity contribution is -0.503. The van der Waals surface area contributed by atoms with E-state index in [9.17, 15) is 24.4 Å². The number of aromatic nitrogens is 1. The molecule has 10 nitrogen and oxygen atoms in total. The molecule has 0 unspecified atom stereocenters. The molecule has 2 heterocycles. The minimum Gasteiger partial charge on any atom is -0.482 e. The molecule has 0 saturated carbocycles. The standard InChI is InChI=1S/C24H32FN3O7/c1-6-7-24(30,13-28(31)32)21-10-16-8-18(25)19(33-12-20-15(2)26-14-34-20)9-17(16)11-27(21)22(29)35-23(3,4)5/h8-9,14,21,30H,6-7,10-13H2,1-5H3/t21-,24-/m0/s1. The van der Waals surface area contributed by atoms with Crippen LogP contribution in [0.15, 0.2) is 22.9 Å². The van der Waals surface area contributed by atoms with Crippen LogP contribution in [0.1, 0.15) is 63.1 Å². The fraction of sp³-hybridized carbons (Fsp3) is 0.583. The van der Waals surface area contributed by atoms with Gasteiger partial charge in [-0.05, 0) is 63.8 Å². The fourth-order valence-corrected chi connectivity index (χ4v) is 4.30. The zero-order valence-electron chi connectivity index (χ0n) is 20.7. The molecule has 1 aliphatic heterocycles. The van der Waals surface area contributed by atoms with Crippen LogP contribution in [0.2, 0.25) is 0 Å². The number of ether oxygens (including phenoxy) is 2. The van der Waals surface area contributed by atoms with Gasteiger partial charge >= 0.3 is 6.09 Å². The molecule has 35 heavy (non-hydrogen) atoms. The molecule has 2 atom stereocenters. The van der Waals surface area contributed by atoms with E-state index in [1.54, 1.807) is 34.6 Å². The molecule has 0 fully saturated rings. The molecule has 0 aliphatic carbocycles. The fourth-order valence-electron chi connectivity index (χ4n) is 4.30. The zero-order valence-corrected chi connectivity index (χ0v) is 20.7. The highest BCUT2D eigenvalue weighted by Crippen LogP contribution is 2.36. The lowest BCUT2D eigenvalue weighted by Gasteiger charge is -2.44. The Morgan fingerprint density at radius 1 is 1.37 bits per heavy atom. The molecule has 3 rings (SSSR count). The average Bonchev–Trinajstić information content (AvgIpc) is 3.14. The first-order valence-electron chi connectivity index (χ1n) is 11.5. The van der Waals surface area contributed by atoms with Gasteiger partial charge < -0.3 is 19.0 Å². The third-order valence-corrected chi connectivity index (χ3v) is 5.92. The summed E-state index contributed by atoms with van der Waals surface area (Å²) in [5, 5.41) is 22.8. The number of halogens is 1. The van der Waals surface area contributed by atoms with Crippen molar-refractivity contribution in [1.29, 1.82) is 0 Å². The first-order chi connectivity index (χ1) is 16.3. The Kier molecular flexibility index (Phi) is 7.68. The van der Waals surface area contributed by atoms with Crippen molar-refractivity contribution in [2.45, 2.75) is 84.3 Å². The number of hydrogen-bond donors (Lipinski definition) is 1. The van der Waals surface area contributed by atoms with Crippen LogP contribution in [0.5, 0.6) is 5.75 Å². The largest absolute Gasteiger partial charge is 0.482 e. The number of amides is 1. The molecule has 1 aromatic carbocycles. The van der Waals surface area contributed by atoms with Gasteiger partial charge in [0.25, 0.3) is 0 Å². The summed E-state index contributed by atoms with van der Waals surface area (Å²) in [6, 6.07) is 1.81. The first kappa shape index (κ1) is 26.4. The Bertz CT molecular complexity index is 1080. The van der Waals surface area contributed by atoms with E-state index in [-0.39, 0.29) is 31.7 Å². The molecular formula is C24H32FN3O7. The molecule has 1 aromatic heterocycles. The summed E-state index contributed by atoms with van der Waals surface area (Å²) in [6.07, 6.45) is 1.14. The van der Waals surface area contributed by atoms with Crippen molar-refractivity contribution in [3.05, 3.63) is 57.0 Å². The van der Waals surface area contributed by atoms with Gasteiger partial charge in [-0.3, -0.25) is 15.0 Å². The Morgan fingerprint density at radius 3 is 2.66 bits per heavy atom. The van der Waals surface area contributed by atoms with E-state index in [0.29, 0.717) is 29.0 Å². The summed E-state index contributed by atoms with van der Waals surface area (Å²) >= 11 is 0. The number of rotatable bonds is 8. The molecule has 0 spiro atoms. The van der Waals surface area contributed by atoms with Crippen molar-refractivity contribution in [2.75, 3.05) is 6.54 Å². The number of benzene rings is 1. The number of aliphatic hydroxyl groups is 1. The second kappa shape index (κ2) is 10.2. The van der Waals surface area contributed by atoms with Gasteiger partial charge in [0.2, 0.25) is 6.54 Å². The van der Waals surface area contributed by atoms with E-state index < -0.39 is 40.6 Å². The van der Waals surface area contributed by atoms with Crippen molar-refractivity contribution < 1.29 is 33.1 Å². The van der Waals surface area contributed by atoms with E-state index in [1.807, 2.05) is 0 Å². The van der Waals surface area contributed by atoms with Gasteiger partial charge in [-0.1, -0.05) is 13.3 Å². The number of nitrogens with zero attached hydrogens (tertiary/aromatic N) is 3. The molecular weight excluding hydrogens is 461 g/mol. The molecule has 0 radical (unpaired) electrons. The maximum Gasteiger partial charge on any atom is 0.410 e. The second-order valence-corrected chi connectivity index (χ2v) is 9.87. The van der Waals surface area contributed by atoms with Crippen molar-refractivity contribution >= 4 is 6.09 Å². The van der Waals surface area contributed by atoms with Crippen molar-refractivity contribution in [2.24, 2.45) is 0 Å². The van der Waals surface area contributed by atoms with Gasteiger partial charge in [0.15, 0.2) is 23.7 Å². The summed E-state index contributed by atoms with van der Waals surface area (Å²) < 4.78 is 31.3. The van der Waals surface area contributed by atoms with Crippen molar-refractivity contribution in [3.63, 3.8) is 0 Å². The third kappa shape index (κ3) is 6.27. The normalized spacial score (nSPS) is 17.5.